The van der Waals surface area contributed by atoms with E-state index in [9.17, 15) is 9.59 Å². The summed E-state index contributed by atoms with van der Waals surface area (Å²) in [6.07, 6.45) is 0. The quantitative estimate of drug-likeness (QED) is 0.858. The molecule has 94 valence electrons. The van der Waals surface area contributed by atoms with Crippen LogP contribution < -0.4 is 5.32 Å². The first-order valence-electron chi connectivity index (χ1n) is 5.40. The van der Waals surface area contributed by atoms with Crippen molar-refractivity contribution in [2.75, 3.05) is 17.6 Å². The number of hydrogen-bond donors (Lipinski definition) is 1. The van der Waals surface area contributed by atoms with Gasteiger partial charge in [-0.2, -0.15) is 0 Å². The third-order valence-corrected chi connectivity index (χ3v) is 3.88. The minimum atomic E-state index is -0.237. The van der Waals surface area contributed by atoms with Gasteiger partial charge in [0.2, 0.25) is 11.8 Å². The van der Waals surface area contributed by atoms with E-state index in [1.165, 1.54) is 16.7 Å². The normalized spacial score (nSPS) is 15.1. The Hall–Kier alpha value is -1.40. The van der Waals surface area contributed by atoms with Crippen LogP contribution in [0.15, 0.2) is 24.3 Å². The Balaban J connectivity index is 1.97. The number of thioether (sulfide) groups is 1. The van der Waals surface area contributed by atoms with Crippen LogP contribution in [0.4, 0.5) is 5.69 Å². The van der Waals surface area contributed by atoms with Crippen LogP contribution in [0.25, 0.3) is 0 Å². The highest BCUT2D eigenvalue weighted by molar-refractivity contribution is 8.23. The van der Waals surface area contributed by atoms with Gasteiger partial charge >= 0.3 is 0 Å². The summed E-state index contributed by atoms with van der Waals surface area (Å²) >= 11 is 6.30. The molecule has 0 aromatic heterocycles. The Labute approximate surface area is 115 Å². The minimum Gasteiger partial charge on any atom is -0.325 e. The molecule has 6 heteroatoms. The number of nitrogens with zero attached hydrogens (tertiary/aromatic N) is 1. The van der Waals surface area contributed by atoms with Crippen molar-refractivity contribution in [3.8, 4) is 0 Å². The number of thiocarbonyl (C=S) groups is 1. The van der Waals surface area contributed by atoms with Gasteiger partial charge in [-0.25, -0.2) is 0 Å². The highest BCUT2D eigenvalue weighted by atomic mass is 32.2. The first-order valence-corrected chi connectivity index (χ1v) is 6.79. The number of hydrogen-bond acceptors (Lipinski definition) is 4. The molecule has 2 amide bonds. The lowest BCUT2D eigenvalue weighted by Gasteiger charge is -2.14. The van der Waals surface area contributed by atoms with E-state index in [-0.39, 0.29) is 18.4 Å². The molecule has 0 aliphatic carbocycles. The molecule has 0 bridgehead atoms. The van der Waals surface area contributed by atoms with Gasteiger partial charge in [0.05, 0.1) is 5.75 Å². The SMILES string of the molecule is Cc1cccc(NC(=O)CN2C(=O)CSC2=S)c1. The summed E-state index contributed by atoms with van der Waals surface area (Å²) in [5.41, 5.74) is 1.79. The molecule has 0 spiro atoms. The molecule has 0 saturated carbocycles. The summed E-state index contributed by atoms with van der Waals surface area (Å²) in [7, 11) is 0. The molecule has 1 saturated heterocycles. The van der Waals surface area contributed by atoms with Crippen molar-refractivity contribution in [1.29, 1.82) is 0 Å². The van der Waals surface area contributed by atoms with E-state index in [1.807, 2.05) is 31.2 Å². The van der Waals surface area contributed by atoms with Crippen LogP contribution in [0.3, 0.4) is 0 Å². The van der Waals surface area contributed by atoms with E-state index < -0.39 is 0 Å². The second-order valence-corrected chi connectivity index (χ2v) is 5.56. The van der Waals surface area contributed by atoms with E-state index in [4.69, 9.17) is 12.2 Å². The number of aryl methyl sites for hydroxylation is 1. The molecule has 1 aromatic rings. The Bertz CT molecular complexity index is 501. The van der Waals surface area contributed by atoms with Gasteiger partial charge in [0.25, 0.3) is 0 Å². The van der Waals surface area contributed by atoms with Crippen LogP contribution in [0, 0.1) is 6.92 Å². The zero-order valence-electron chi connectivity index (χ0n) is 9.80. The van der Waals surface area contributed by atoms with E-state index in [2.05, 4.69) is 5.32 Å². The zero-order valence-corrected chi connectivity index (χ0v) is 11.4. The fraction of sp³-hybridized carbons (Fsp3) is 0.250. The maximum Gasteiger partial charge on any atom is 0.244 e. The molecule has 1 fully saturated rings. The number of benzene rings is 1. The van der Waals surface area contributed by atoms with E-state index in [1.54, 1.807) is 0 Å². The fourth-order valence-corrected chi connectivity index (χ4v) is 2.67. The van der Waals surface area contributed by atoms with Gasteiger partial charge in [-0.1, -0.05) is 36.1 Å². The highest BCUT2D eigenvalue weighted by Gasteiger charge is 2.28. The summed E-state index contributed by atoms with van der Waals surface area (Å²) in [6, 6.07) is 7.50. The predicted octanol–water partition coefficient (Wildman–Crippen LogP) is 1.79. The van der Waals surface area contributed by atoms with Crippen molar-refractivity contribution in [2.24, 2.45) is 0 Å². The summed E-state index contributed by atoms with van der Waals surface area (Å²) in [6.45, 7) is 1.93. The Morgan fingerprint density at radius 2 is 2.33 bits per heavy atom. The van der Waals surface area contributed by atoms with Crippen LogP contribution in [0.2, 0.25) is 0 Å². The third-order valence-electron chi connectivity index (χ3n) is 2.44. The molecule has 1 heterocycles. The topological polar surface area (TPSA) is 49.4 Å². The average Bonchev–Trinajstić information content (AvgIpc) is 2.61. The van der Waals surface area contributed by atoms with Gasteiger partial charge in [-0.3, -0.25) is 14.5 Å². The van der Waals surface area contributed by atoms with Crippen molar-refractivity contribution < 1.29 is 9.59 Å². The van der Waals surface area contributed by atoms with Gasteiger partial charge in [-0.05, 0) is 24.6 Å². The van der Waals surface area contributed by atoms with Gasteiger partial charge in [0.15, 0.2) is 0 Å². The number of anilines is 1. The standard InChI is InChI=1S/C12H12N2O2S2/c1-8-3-2-4-9(5-8)13-10(15)6-14-11(16)7-18-12(14)17/h2-5H,6-7H2,1H3,(H,13,15). The third kappa shape index (κ3) is 3.08. The van der Waals surface area contributed by atoms with E-state index in [0.717, 1.165) is 11.3 Å². The molecule has 1 aliphatic rings. The van der Waals surface area contributed by atoms with Gasteiger partial charge < -0.3 is 5.32 Å². The predicted molar refractivity (Wildman–Crippen MR) is 76.6 cm³/mol. The fourth-order valence-electron chi connectivity index (χ4n) is 1.60. The molecular formula is C12H12N2O2S2. The molecule has 18 heavy (non-hydrogen) atoms. The Morgan fingerprint density at radius 3 is 2.94 bits per heavy atom. The minimum absolute atomic E-state index is 0.0153. The highest BCUT2D eigenvalue weighted by Crippen LogP contribution is 2.19. The number of carbonyl (C=O) groups excluding carboxylic acids is 2. The number of rotatable bonds is 3. The zero-order chi connectivity index (χ0) is 13.1. The Morgan fingerprint density at radius 1 is 1.56 bits per heavy atom. The molecule has 1 N–H and O–H groups in total. The Kier molecular flexibility index (Phi) is 3.98. The molecule has 0 radical (unpaired) electrons. The molecule has 2 rings (SSSR count). The van der Waals surface area contributed by atoms with Gasteiger partial charge in [0.1, 0.15) is 10.9 Å². The van der Waals surface area contributed by atoms with Crippen LogP contribution in [0.1, 0.15) is 5.56 Å². The van der Waals surface area contributed by atoms with Gasteiger partial charge in [-0.15, -0.1) is 0 Å². The molecule has 0 atom stereocenters. The summed E-state index contributed by atoms with van der Waals surface area (Å²) in [4.78, 5) is 24.6. The second-order valence-electron chi connectivity index (χ2n) is 3.95. The largest absolute Gasteiger partial charge is 0.325 e. The second kappa shape index (κ2) is 5.49. The molecule has 4 nitrogen and oxygen atoms in total. The van der Waals surface area contributed by atoms with Crippen LogP contribution in [-0.2, 0) is 9.59 Å². The van der Waals surface area contributed by atoms with E-state index >= 15 is 0 Å². The average molecular weight is 280 g/mol. The van der Waals surface area contributed by atoms with Crippen LogP contribution in [-0.4, -0.2) is 33.3 Å². The summed E-state index contributed by atoms with van der Waals surface area (Å²) in [5, 5.41) is 2.75. The van der Waals surface area contributed by atoms with Crippen molar-refractivity contribution in [2.45, 2.75) is 6.92 Å². The maximum absolute atomic E-state index is 11.8. The number of nitrogens with one attached hydrogen (secondary N) is 1. The van der Waals surface area contributed by atoms with Crippen LogP contribution in [0.5, 0.6) is 0 Å². The molecule has 1 aliphatic heterocycles. The lowest BCUT2D eigenvalue weighted by molar-refractivity contribution is -0.127. The number of amides is 2. The molecular weight excluding hydrogens is 268 g/mol. The summed E-state index contributed by atoms with van der Waals surface area (Å²) < 4.78 is 0.472. The smallest absolute Gasteiger partial charge is 0.244 e. The van der Waals surface area contributed by atoms with E-state index in [0.29, 0.717) is 10.1 Å². The lowest BCUT2D eigenvalue weighted by Crippen LogP contribution is -2.36. The lowest BCUT2D eigenvalue weighted by atomic mass is 10.2. The number of carbonyl (C=O) groups is 2. The first-order chi connectivity index (χ1) is 8.56. The van der Waals surface area contributed by atoms with Gasteiger partial charge in [0, 0.05) is 5.69 Å². The van der Waals surface area contributed by atoms with Crippen molar-refractivity contribution in [1.82, 2.24) is 4.90 Å². The van der Waals surface area contributed by atoms with Crippen LogP contribution >= 0.6 is 24.0 Å². The first kappa shape index (κ1) is 13.0. The summed E-state index contributed by atoms with van der Waals surface area (Å²) in [5.74, 6) is -0.0143. The maximum atomic E-state index is 11.8. The monoisotopic (exact) mass is 280 g/mol. The molecule has 0 unspecified atom stereocenters. The molecule has 1 aromatic carbocycles. The van der Waals surface area contributed by atoms with Crippen molar-refractivity contribution >= 4 is 45.8 Å². The van der Waals surface area contributed by atoms with Crippen molar-refractivity contribution in [3.05, 3.63) is 29.8 Å². The van der Waals surface area contributed by atoms with Crippen molar-refractivity contribution in [3.63, 3.8) is 0 Å².